The van der Waals surface area contributed by atoms with E-state index >= 15 is 0 Å². The van der Waals surface area contributed by atoms with E-state index < -0.39 is 5.97 Å². The van der Waals surface area contributed by atoms with E-state index in [1.807, 2.05) is 24.3 Å². The van der Waals surface area contributed by atoms with Crippen molar-refractivity contribution in [1.29, 1.82) is 0 Å². The van der Waals surface area contributed by atoms with Gasteiger partial charge < -0.3 is 10.4 Å². The summed E-state index contributed by atoms with van der Waals surface area (Å²) in [4.78, 5) is 11.5. The summed E-state index contributed by atoms with van der Waals surface area (Å²) in [5, 5.41) is 13.8. The van der Waals surface area contributed by atoms with Gasteiger partial charge in [0.2, 0.25) is 0 Å². The summed E-state index contributed by atoms with van der Waals surface area (Å²) in [5.74, 6) is 0.103. The lowest BCUT2D eigenvalue weighted by atomic mass is 9.84. The van der Waals surface area contributed by atoms with Crippen molar-refractivity contribution >= 4 is 17.6 Å². The van der Waals surface area contributed by atoms with Gasteiger partial charge >= 0.3 is 5.97 Å². The molecular formula is C17H22ClNO2. The lowest BCUT2D eigenvalue weighted by Gasteiger charge is -2.31. The zero-order valence-electron chi connectivity index (χ0n) is 12.3. The van der Waals surface area contributed by atoms with Crippen LogP contribution in [0.25, 0.3) is 0 Å². The number of carboxylic acid groups (broad SMARTS) is 1. The Kier molecular flexibility index (Phi) is 4.23. The highest BCUT2D eigenvalue weighted by atomic mass is 35.5. The summed E-state index contributed by atoms with van der Waals surface area (Å²) < 4.78 is 0. The Morgan fingerprint density at radius 3 is 2.67 bits per heavy atom. The van der Waals surface area contributed by atoms with Gasteiger partial charge in [0.05, 0.1) is 5.92 Å². The number of halogens is 1. The number of benzene rings is 1. The van der Waals surface area contributed by atoms with E-state index in [0.29, 0.717) is 11.8 Å². The van der Waals surface area contributed by atoms with E-state index in [-0.39, 0.29) is 18.0 Å². The first-order valence-electron chi connectivity index (χ1n) is 7.78. The molecule has 3 rings (SSSR count). The summed E-state index contributed by atoms with van der Waals surface area (Å²) >= 11 is 5.90. The molecule has 21 heavy (non-hydrogen) atoms. The third kappa shape index (κ3) is 3.09. The number of carbonyl (C=O) groups is 1. The lowest BCUT2D eigenvalue weighted by molar-refractivity contribution is -0.144. The maximum atomic E-state index is 11.5. The standard InChI is InChI=1S/C17H22ClNO2/c1-10(8-11-2-6-14(18)7-3-11)19-16-13-5-4-12(9-13)15(16)17(20)21/h2-3,6-7,10,12-13,15-16,19H,4-5,8-9H2,1H3,(H,20,21). The second kappa shape index (κ2) is 5.98. The van der Waals surface area contributed by atoms with Gasteiger partial charge in [0.15, 0.2) is 0 Å². The quantitative estimate of drug-likeness (QED) is 0.877. The average molecular weight is 308 g/mol. The van der Waals surface area contributed by atoms with Crippen molar-refractivity contribution in [3.05, 3.63) is 34.9 Å². The van der Waals surface area contributed by atoms with E-state index in [9.17, 15) is 9.90 Å². The van der Waals surface area contributed by atoms with Crippen LogP contribution in [0.1, 0.15) is 31.7 Å². The molecule has 1 aromatic carbocycles. The maximum absolute atomic E-state index is 11.5. The first kappa shape index (κ1) is 14.9. The lowest BCUT2D eigenvalue weighted by Crippen LogP contribution is -2.48. The molecule has 0 aliphatic heterocycles. The Labute approximate surface area is 130 Å². The molecule has 2 fully saturated rings. The van der Waals surface area contributed by atoms with Gasteiger partial charge in [0.1, 0.15) is 0 Å². The Morgan fingerprint density at radius 2 is 2.00 bits per heavy atom. The van der Waals surface area contributed by atoms with Gasteiger partial charge in [-0.05, 0) is 62.1 Å². The normalized spacial score (nSPS) is 32.3. The SMILES string of the molecule is CC(Cc1ccc(Cl)cc1)NC1C2CCC(C2)C1C(=O)O. The molecule has 0 amide bonds. The molecular weight excluding hydrogens is 286 g/mol. The minimum Gasteiger partial charge on any atom is -0.481 e. The zero-order chi connectivity index (χ0) is 15.0. The molecule has 0 radical (unpaired) electrons. The van der Waals surface area contributed by atoms with Crippen molar-refractivity contribution in [2.45, 2.75) is 44.7 Å². The van der Waals surface area contributed by atoms with Crippen molar-refractivity contribution in [3.8, 4) is 0 Å². The van der Waals surface area contributed by atoms with E-state index in [1.54, 1.807) is 0 Å². The number of aliphatic carboxylic acids is 1. The van der Waals surface area contributed by atoms with Crippen molar-refractivity contribution in [2.24, 2.45) is 17.8 Å². The molecule has 2 aliphatic rings. The van der Waals surface area contributed by atoms with Crippen molar-refractivity contribution < 1.29 is 9.90 Å². The Hall–Kier alpha value is -1.06. The van der Waals surface area contributed by atoms with E-state index in [4.69, 9.17) is 11.6 Å². The summed E-state index contributed by atoms with van der Waals surface area (Å²) in [5.41, 5.74) is 1.23. The minimum absolute atomic E-state index is 0.142. The zero-order valence-corrected chi connectivity index (χ0v) is 13.0. The molecule has 0 heterocycles. The van der Waals surface area contributed by atoms with Crippen LogP contribution in [-0.2, 0) is 11.2 Å². The van der Waals surface area contributed by atoms with Crippen LogP contribution in [0, 0.1) is 17.8 Å². The second-order valence-electron chi connectivity index (χ2n) is 6.62. The number of rotatable bonds is 5. The number of hydrogen-bond donors (Lipinski definition) is 2. The molecule has 0 spiro atoms. The van der Waals surface area contributed by atoms with E-state index in [0.717, 1.165) is 24.3 Å². The Bertz CT molecular complexity index is 516. The Balaban J connectivity index is 1.62. The molecule has 4 heteroatoms. The van der Waals surface area contributed by atoms with Crippen LogP contribution < -0.4 is 5.32 Å². The molecule has 0 aromatic heterocycles. The highest BCUT2D eigenvalue weighted by Gasteiger charge is 2.51. The molecule has 2 aliphatic carbocycles. The van der Waals surface area contributed by atoms with Crippen LogP contribution in [0.5, 0.6) is 0 Å². The molecule has 5 atom stereocenters. The van der Waals surface area contributed by atoms with E-state index in [1.165, 1.54) is 12.0 Å². The molecule has 2 bridgehead atoms. The smallest absolute Gasteiger partial charge is 0.308 e. The fourth-order valence-corrected chi connectivity index (χ4v) is 4.37. The topological polar surface area (TPSA) is 49.3 Å². The molecule has 114 valence electrons. The van der Waals surface area contributed by atoms with Crippen LogP contribution in [0.4, 0.5) is 0 Å². The predicted molar refractivity (Wildman–Crippen MR) is 83.5 cm³/mol. The van der Waals surface area contributed by atoms with Crippen LogP contribution in [-0.4, -0.2) is 23.2 Å². The monoisotopic (exact) mass is 307 g/mol. The van der Waals surface area contributed by atoms with Crippen LogP contribution in [0.2, 0.25) is 5.02 Å². The number of fused-ring (bicyclic) bond motifs is 2. The third-order valence-electron chi connectivity index (χ3n) is 5.13. The van der Waals surface area contributed by atoms with Crippen LogP contribution >= 0.6 is 11.6 Å². The highest BCUT2D eigenvalue weighted by molar-refractivity contribution is 6.30. The summed E-state index contributed by atoms with van der Waals surface area (Å²) in [7, 11) is 0. The van der Waals surface area contributed by atoms with Crippen LogP contribution in [0.15, 0.2) is 24.3 Å². The largest absolute Gasteiger partial charge is 0.481 e. The first-order chi connectivity index (χ1) is 10.0. The molecule has 1 aromatic rings. The highest BCUT2D eigenvalue weighted by Crippen LogP contribution is 2.48. The Morgan fingerprint density at radius 1 is 1.33 bits per heavy atom. The molecule has 5 unspecified atom stereocenters. The second-order valence-corrected chi connectivity index (χ2v) is 7.06. The fraction of sp³-hybridized carbons (Fsp3) is 0.588. The summed E-state index contributed by atoms with van der Waals surface area (Å²) in [6.07, 6.45) is 4.25. The van der Waals surface area contributed by atoms with Crippen molar-refractivity contribution in [1.82, 2.24) is 5.32 Å². The van der Waals surface area contributed by atoms with Gasteiger partial charge in [0, 0.05) is 17.1 Å². The molecule has 2 N–H and O–H groups in total. The van der Waals surface area contributed by atoms with Crippen LogP contribution in [0.3, 0.4) is 0 Å². The summed E-state index contributed by atoms with van der Waals surface area (Å²) in [6, 6.07) is 8.30. The minimum atomic E-state index is -0.626. The molecule has 0 saturated heterocycles. The van der Waals surface area contributed by atoms with Gasteiger partial charge in [-0.3, -0.25) is 4.79 Å². The van der Waals surface area contributed by atoms with Crippen molar-refractivity contribution in [3.63, 3.8) is 0 Å². The first-order valence-corrected chi connectivity index (χ1v) is 8.15. The van der Waals surface area contributed by atoms with Gasteiger partial charge in [-0.15, -0.1) is 0 Å². The predicted octanol–water partition coefficient (Wildman–Crippen LogP) is 3.36. The third-order valence-corrected chi connectivity index (χ3v) is 5.39. The fourth-order valence-electron chi connectivity index (χ4n) is 4.25. The van der Waals surface area contributed by atoms with Gasteiger partial charge in [-0.2, -0.15) is 0 Å². The molecule has 2 saturated carbocycles. The van der Waals surface area contributed by atoms with Crippen molar-refractivity contribution in [2.75, 3.05) is 0 Å². The number of nitrogens with one attached hydrogen (secondary N) is 1. The molecule has 3 nitrogen and oxygen atoms in total. The number of hydrogen-bond acceptors (Lipinski definition) is 2. The van der Waals surface area contributed by atoms with Gasteiger partial charge in [0.25, 0.3) is 0 Å². The van der Waals surface area contributed by atoms with Gasteiger partial charge in [-0.25, -0.2) is 0 Å². The number of carboxylic acids is 1. The van der Waals surface area contributed by atoms with E-state index in [2.05, 4.69) is 12.2 Å². The maximum Gasteiger partial charge on any atom is 0.308 e. The van der Waals surface area contributed by atoms with Gasteiger partial charge in [-0.1, -0.05) is 23.7 Å². The average Bonchev–Trinajstić information content (AvgIpc) is 3.02. The summed E-state index contributed by atoms with van der Waals surface area (Å²) in [6.45, 7) is 2.14.